The molecule has 3 N–H and O–H groups in total. The first-order valence-corrected chi connectivity index (χ1v) is 5.62. The van der Waals surface area contributed by atoms with E-state index in [4.69, 9.17) is 17.4 Å². The zero-order chi connectivity index (χ0) is 14.2. The van der Waals surface area contributed by atoms with Gasteiger partial charge in [0, 0.05) is 12.6 Å². The zero-order valence-corrected chi connectivity index (χ0v) is 10.5. The van der Waals surface area contributed by atoms with E-state index in [1.165, 1.54) is 10.9 Å². The average Bonchev–Trinajstić information content (AvgIpc) is 2.71. The summed E-state index contributed by atoms with van der Waals surface area (Å²) < 4.78 is 41.3. The molecular formula is C11H10ClF3N4. The molecule has 1 unspecified atom stereocenters. The number of hydrogen-bond acceptors (Lipinski definition) is 3. The minimum Gasteiger partial charge on any atom is -0.271 e. The number of aromatic nitrogens is 2. The van der Waals surface area contributed by atoms with Crippen LogP contribution in [0.15, 0.2) is 18.3 Å². The van der Waals surface area contributed by atoms with E-state index in [9.17, 15) is 13.2 Å². The smallest absolute Gasteiger partial charge is 0.194 e. The van der Waals surface area contributed by atoms with Crippen LogP contribution in [0.5, 0.6) is 0 Å². The lowest BCUT2D eigenvalue weighted by atomic mass is 10.0. The molecule has 0 saturated heterocycles. The number of nitrogens with zero attached hydrogens (tertiary/aromatic N) is 2. The highest BCUT2D eigenvalue weighted by Crippen LogP contribution is 2.30. The highest BCUT2D eigenvalue weighted by molar-refractivity contribution is 6.31. The van der Waals surface area contributed by atoms with Crippen LogP contribution < -0.4 is 11.3 Å². The van der Waals surface area contributed by atoms with Crippen LogP contribution in [0.1, 0.15) is 17.3 Å². The van der Waals surface area contributed by atoms with Gasteiger partial charge in [-0.05, 0) is 6.07 Å². The predicted octanol–water partition coefficient (Wildman–Crippen LogP) is 2.04. The molecular weight excluding hydrogens is 281 g/mol. The van der Waals surface area contributed by atoms with Gasteiger partial charge in [0.15, 0.2) is 17.5 Å². The van der Waals surface area contributed by atoms with Crippen LogP contribution in [0.3, 0.4) is 0 Å². The lowest BCUT2D eigenvalue weighted by Gasteiger charge is -2.18. The molecule has 0 aliphatic heterocycles. The maximum atomic E-state index is 13.8. The summed E-state index contributed by atoms with van der Waals surface area (Å²) in [5.41, 5.74) is 2.50. The Morgan fingerprint density at radius 1 is 1.32 bits per heavy atom. The van der Waals surface area contributed by atoms with Gasteiger partial charge < -0.3 is 0 Å². The van der Waals surface area contributed by atoms with Crippen LogP contribution in [0.25, 0.3) is 0 Å². The van der Waals surface area contributed by atoms with E-state index in [0.717, 1.165) is 12.1 Å². The summed E-state index contributed by atoms with van der Waals surface area (Å²) in [6, 6.07) is 0.972. The fourth-order valence-corrected chi connectivity index (χ4v) is 2.10. The minimum atomic E-state index is -1.56. The van der Waals surface area contributed by atoms with Gasteiger partial charge in [0.25, 0.3) is 0 Å². The maximum absolute atomic E-state index is 13.8. The Kier molecular flexibility index (Phi) is 3.79. The molecule has 0 aliphatic carbocycles. The predicted molar refractivity (Wildman–Crippen MR) is 63.7 cm³/mol. The molecule has 102 valence electrons. The first kappa shape index (κ1) is 13.9. The molecule has 0 radical (unpaired) electrons. The molecule has 0 saturated carbocycles. The van der Waals surface area contributed by atoms with E-state index >= 15 is 0 Å². The molecule has 1 aromatic carbocycles. The second kappa shape index (κ2) is 5.20. The quantitative estimate of drug-likeness (QED) is 0.517. The first-order chi connectivity index (χ1) is 8.97. The molecule has 19 heavy (non-hydrogen) atoms. The van der Waals surface area contributed by atoms with Crippen LogP contribution in [0, 0.1) is 17.5 Å². The summed E-state index contributed by atoms with van der Waals surface area (Å²) >= 11 is 5.92. The van der Waals surface area contributed by atoms with E-state index < -0.39 is 23.5 Å². The summed E-state index contributed by atoms with van der Waals surface area (Å²) in [5.74, 6) is 1.21. The fourth-order valence-electron chi connectivity index (χ4n) is 1.82. The van der Waals surface area contributed by atoms with Crippen molar-refractivity contribution in [2.24, 2.45) is 12.9 Å². The number of nitrogens with two attached hydrogens (primary N) is 1. The van der Waals surface area contributed by atoms with E-state index in [0.29, 0.717) is 5.69 Å². The molecule has 0 aliphatic rings. The molecule has 2 rings (SSSR count). The van der Waals surface area contributed by atoms with Crippen molar-refractivity contribution < 1.29 is 13.2 Å². The third-order valence-electron chi connectivity index (χ3n) is 2.75. The summed E-state index contributed by atoms with van der Waals surface area (Å²) in [7, 11) is 1.57. The summed E-state index contributed by atoms with van der Waals surface area (Å²) in [5, 5.41) is 4.11. The van der Waals surface area contributed by atoms with Gasteiger partial charge >= 0.3 is 0 Å². The number of aryl methyl sites for hydroxylation is 1. The number of nitrogens with one attached hydrogen (secondary N) is 1. The highest BCUT2D eigenvalue weighted by atomic mass is 35.5. The summed E-state index contributed by atoms with van der Waals surface area (Å²) in [4.78, 5) is 0. The first-order valence-electron chi connectivity index (χ1n) is 5.24. The Hall–Kier alpha value is -1.57. The molecule has 1 atom stereocenters. The van der Waals surface area contributed by atoms with Gasteiger partial charge in [-0.15, -0.1) is 0 Å². The lowest BCUT2D eigenvalue weighted by Crippen LogP contribution is -2.31. The maximum Gasteiger partial charge on any atom is 0.194 e. The van der Waals surface area contributed by atoms with E-state index in [2.05, 4.69) is 10.5 Å². The molecule has 1 heterocycles. The normalized spacial score (nSPS) is 12.7. The molecule has 8 heteroatoms. The monoisotopic (exact) mass is 290 g/mol. The fraction of sp³-hybridized carbons (Fsp3) is 0.182. The van der Waals surface area contributed by atoms with Crippen molar-refractivity contribution >= 4 is 11.6 Å². The van der Waals surface area contributed by atoms with Gasteiger partial charge in [0.2, 0.25) is 0 Å². The molecule has 0 amide bonds. The number of hydrazine groups is 1. The topological polar surface area (TPSA) is 55.9 Å². The molecule has 0 bridgehead atoms. The van der Waals surface area contributed by atoms with Gasteiger partial charge in [-0.2, -0.15) is 5.10 Å². The van der Waals surface area contributed by atoms with E-state index in [1.807, 2.05) is 0 Å². The average molecular weight is 291 g/mol. The molecule has 4 nitrogen and oxygen atoms in total. The lowest BCUT2D eigenvalue weighted by molar-refractivity contribution is 0.430. The van der Waals surface area contributed by atoms with E-state index in [1.54, 1.807) is 7.05 Å². The van der Waals surface area contributed by atoms with Crippen molar-refractivity contribution in [1.29, 1.82) is 0 Å². The minimum absolute atomic E-state index is 0.160. The van der Waals surface area contributed by atoms with Crippen LogP contribution in [-0.4, -0.2) is 9.78 Å². The van der Waals surface area contributed by atoms with Gasteiger partial charge in [0.1, 0.15) is 0 Å². The van der Waals surface area contributed by atoms with Crippen molar-refractivity contribution in [2.45, 2.75) is 6.04 Å². The molecule has 0 spiro atoms. The summed E-state index contributed by atoms with van der Waals surface area (Å²) in [6.45, 7) is 0. The molecule has 1 aromatic heterocycles. The number of benzene rings is 1. The highest BCUT2D eigenvalue weighted by Gasteiger charge is 2.25. The number of rotatable bonds is 3. The Balaban J connectivity index is 2.58. The Labute approximate surface area is 111 Å². The Morgan fingerprint density at radius 2 is 2.00 bits per heavy atom. The third kappa shape index (κ3) is 2.32. The van der Waals surface area contributed by atoms with Crippen molar-refractivity contribution in [3.8, 4) is 0 Å². The SMILES string of the molecule is Cn1ncc(Cl)c1C(NN)c1ccc(F)c(F)c1F. The van der Waals surface area contributed by atoms with Crippen LogP contribution in [0.4, 0.5) is 13.2 Å². The zero-order valence-electron chi connectivity index (χ0n) is 9.79. The standard InChI is InChI=1S/C11H10ClF3N4/c1-19-11(6(12)4-17-19)10(18-16)5-2-3-7(13)9(15)8(5)14/h2-4,10,18H,16H2,1H3. The van der Waals surface area contributed by atoms with Gasteiger partial charge in [-0.25, -0.2) is 18.6 Å². The van der Waals surface area contributed by atoms with Crippen LogP contribution in [-0.2, 0) is 7.05 Å². The third-order valence-corrected chi connectivity index (χ3v) is 3.04. The number of hydrogen-bond donors (Lipinski definition) is 2. The van der Waals surface area contributed by atoms with Crippen LogP contribution in [0.2, 0.25) is 5.02 Å². The van der Waals surface area contributed by atoms with Crippen molar-refractivity contribution in [2.75, 3.05) is 0 Å². The van der Waals surface area contributed by atoms with E-state index in [-0.39, 0.29) is 10.6 Å². The van der Waals surface area contributed by atoms with Gasteiger partial charge in [-0.3, -0.25) is 10.5 Å². The van der Waals surface area contributed by atoms with Crippen molar-refractivity contribution in [1.82, 2.24) is 15.2 Å². The van der Waals surface area contributed by atoms with Crippen molar-refractivity contribution in [3.05, 3.63) is 52.1 Å². The Morgan fingerprint density at radius 3 is 2.53 bits per heavy atom. The second-order valence-corrected chi connectivity index (χ2v) is 4.27. The largest absolute Gasteiger partial charge is 0.271 e. The Bertz CT molecular complexity index is 595. The van der Waals surface area contributed by atoms with Crippen LogP contribution >= 0.6 is 11.6 Å². The van der Waals surface area contributed by atoms with Crippen molar-refractivity contribution in [3.63, 3.8) is 0 Å². The summed E-state index contributed by atoms with van der Waals surface area (Å²) in [6.07, 6.45) is 1.35. The van der Waals surface area contributed by atoms with Gasteiger partial charge in [0.05, 0.1) is 23.0 Å². The molecule has 2 aromatic rings. The van der Waals surface area contributed by atoms with Gasteiger partial charge in [-0.1, -0.05) is 17.7 Å². The molecule has 0 fully saturated rings. The second-order valence-electron chi connectivity index (χ2n) is 3.87. The number of halogens is 4.